The molecule has 4 unspecified atom stereocenters. The molecule has 0 spiro atoms. The lowest BCUT2D eigenvalue weighted by molar-refractivity contribution is 0.0254. The quantitative estimate of drug-likeness (QED) is 0.863. The Hall–Kier alpha value is -0.380. The normalized spacial score (nSPS) is 28.8. The minimum Gasteiger partial charge on any atom is -0.393 e. The maximum absolute atomic E-state index is 10.2. The SMILES string of the molecule is CCC1CCC(O)C(CN(C)C(C)Cc2cccs2)C1. The van der Waals surface area contributed by atoms with Gasteiger partial charge in [0.1, 0.15) is 0 Å². The molecule has 2 nitrogen and oxygen atoms in total. The lowest BCUT2D eigenvalue weighted by Crippen LogP contribution is -2.41. The van der Waals surface area contributed by atoms with Crippen molar-refractivity contribution in [2.75, 3.05) is 13.6 Å². The summed E-state index contributed by atoms with van der Waals surface area (Å²) in [5, 5.41) is 12.4. The molecule has 114 valence electrons. The van der Waals surface area contributed by atoms with Crippen molar-refractivity contribution >= 4 is 11.3 Å². The highest BCUT2D eigenvalue weighted by Crippen LogP contribution is 2.32. The Morgan fingerprint density at radius 1 is 1.45 bits per heavy atom. The molecule has 0 aliphatic heterocycles. The van der Waals surface area contributed by atoms with E-state index >= 15 is 0 Å². The van der Waals surface area contributed by atoms with Crippen molar-refractivity contribution in [1.82, 2.24) is 4.90 Å². The summed E-state index contributed by atoms with van der Waals surface area (Å²) in [4.78, 5) is 3.89. The van der Waals surface area contributed by atoms with Crippen LogP contribution in [0.15, 0.2) is 17.5 Å². The van der Waals surface area contributed by atoms with E-state index in [1.165, 1.54) is 24.1 Å². The average Bonchev–Trinajstić information content (AvgIpc) is 2.94. The molecule has 1 heterocycles. The van der Waals surface area contributed by atoms with Crippen molar-refractivity contribution in [2.24, 2.45) is 11.8 Å². The molecule has 0 amide bonds. The van der Waals surface area contributed by atoms with Crippen LogP contribution in [0.5, 0.6) is 0 Å². The van der Waals surface area contributed by atoms with E-state index in [1.54, 1.807) is 0 Å². The Balaban J connectivity index is 1.84. The average molecular weight is 295 g/mol. The molecule has 4 atom stereocenters. The molecule has 0 radical (unpaired) electrons. The van der Waals surface area contributed by atoms with E-state index < -0.39 is 0 Å². The van der Waals surface area contributed by atoms with Gasteiger partial charge in [-0.25, -0.2) is 0 Å². The van der Waals surface area contributed by atoms with Crippen LogP contribution in [-0.4, -0.2) is 35.7 Å². The Kier molecular flexibility index (Phi) is 6.06. The number of hydrogen-bond acceptors (Lipinski definition) is 3. The molecule has 3 heteroatoms. The van der Waals surface area contributed by atoms with Crippen LogP contribution < -0.4 is 0 Å². The van der Waals surface area contributed by atoms with E-state index in [1.807, 2.05) is 11.3 Å². The van der Waals surface area contributed by atoms with Crippen molar-refractivity contribution in [2.45, 2.75) is 58.1 Å². The molecule has 1 aromatic heterocycles. The third kappa shape index (κ3) is 4.31. The summed E-state index contributed by atoms with van der Waals surface area (Å²) >= 11 is 1.84. The Morgan fingerprint density at radius 2 is 2.25 bits per heavy atom. The van der Waals surface area contributed by atoms with Gasteiger partial charge >= 0.3 is 0 Å². The second kappa shape index (κ2) is 7.58. The van der Waals surface area contributed by atoms with Gasteiger partial charge in [0.05, 0.1) is 6.10 Å². The second-order valence-electron chi connectivity index (χ2n) is 6.49. The van der Waals surface area contributed by atoms with E-state index in [9.17, 15) is 5.11 Å². The van der Waals surface area contributed by atoms with Gasteiger partial charge in [-0.15, -0.1) is 11.3 Å². The number of thiophene rings is 1. The first-order valence-corrected chi connectivity index (χ1v) is 8.88. The molecular formula is C17H29NOS. The lowest BCUT2D eigenvalue weighted by Gasteiger charge is -2.37. The summed E-state index contributed by atoms with van der Waals surface area (Å²) < 4.78 is 0. The molecule has 0 bridgehead atoms. The van der Waals surface area contributed by atoms with E-state index in [2.05, 4.69) is 43.3 Å². The highest BCUT2D eigenvalue weighted by atomic mass is 32.1. The van der Waals surface area contributed by atoms with Crippen molar-refractivity contribution in [3.05, 3.63) is 22.4 Å². The van der Waals surface area contributed by atoms with Crippen LogP contribution in [0.2, 0.25) is 0 Å². The molecule has 0 saturated heterocycles. The zero-order valence-electron chi connectivity index (χ0n) is 13.1. The molecule has 0 aromatic carbocycles. The van der Waals surface area contributed by atoms with E-state index in [0.717, 1.165) is 25.3 Å². The van der Waals surface area contributed by atoms with Crippen LogP contribution in [-0.2, 0) is 6.42 Å². The topological polar surface area (TPSA) is 23.5 Å². The van der Waals surface area contributed by atoms with Crippen LogP contribution in [0.3, 0.4) is 0 Å². The number of hydrogen-bond donors (Lipinski definition) is 1. The highest BCUT2D eigenvalue weighted by Gasteiger charge is 2.29. The van der Waals surface area contributed by atoms with Gasteiger partial charge in [-0.1, -0.05) is 19.4 Å². The van der Waals surface area contributed by atoms with Crippen LogP contribution in [0, 0.1) is 11.8 Å². The van der Waals surface area contributed by atoms with Gasteiger partial charge in [-0.05, 0) is 62.9 Å². The molecular weight excluding hydrogens is 266 g/mol. The molecule has 1 aliphatic carbocycles. The van der Waals surface area contributed by atoms with Crippen LogP contribution in [0.1, 0.15) is 44.4 Å². The van der Waals surface area contributed by atoms with Gasteiger partial charge in [-0.3, -0.25) is 0 Å². The van der Waals surface area contributed by atoms with Crippen molar-refractivity contribution in [3.63, 3.8) is 0 Å². The Morgan fingerprint density at radius 3 is 2.90 bits per heavy atom. The monoisotopic (exact) mass is 295 g/mol. The van der Waals surface area contributed by atoms with Crippen molar-refractivity contribution < 1.29 is 5.11 Å². The second-order valence-corrected chi connectivity index (χ2v) is 7.52. The first kappa shape index (κ1) is 16.0. The summed E-state index contributed by atoms with van der Waals surface area (Å²) in [6.07, 6.45) is 5.70. The molecule has 1 fully saturated rings. The molecule has 20 heavy (non-hydrogen) atoms. The maximum Gasteiger partial charge on any atom is 0.0580 e. The molecule has 1 N–H and O–H groups in total. The molecule has 1 aromatic rings. The van der Waals surface area contributed by atoms with Gasteiger partial charge < -0.3 is 10.0 Å². The van der Waals surface area contributed by atoms with E-state index in [0.29, 0.717) is 12.0 Å². The fraction of sp³-hybridized carbons (Fsp3) is 0.765. The molecule has 2 rings (SSSR count). The van der Waals surface area contributed by atoms with Crippen molar-refractivity contribution in [3.8, 4) is 0 Å². The van der Waals surface area contributed by atoms with Crippen molar-refractivity contribution in [1.29, 1.82) is 0 Å². The summed E-state index contributed by atoms with van der Waals surface area (Å²) in [7, 11) is 2.21. The highest BCUT2D eigenvalue weighted by molar-refractivity contribution is 7.09. The molecule has 1 aliphatic rings. The number of aliphatic hydroxyl groups is 1. The summed E-state index contributed by atoms with van der Waals surface area (Å²) in [6.45, 7) is 5.61. The van der Waals surface area contributed by atoms with Gasteiger partial charge in [-0.2, -0.15) is 0 Å². The zero-order chi connectivity index (χ0) is 14.5. The fourth-order valence-corrected chi connectivity index (χ4v) is 4.16. The van der Waals surface area contributed by atoms with Crippen LogP contribution in [0.4, 0.5) is 0 Å². The third-order valence-electron chi connectivity index (χ3n) is 4.98. The smallest absolute Gasteiger partial charge is 0.0580 e. The molecule has 1 saturated carbocycles. The summed E-state index contributed by atoms with van der Waals surface area (Å²) in [5.74, 6) is 1.29. The zero-order valence-corrected chi connectivity index (χ0v) is 13.9. The minimum absolute atomic E-state index is 0.0887. The first-order chi connectivity index (χ1) is 9.60. The minimum atomic E-state index is -0.0887. The summed E-state index contributed by atoms with van der Waals surface area (Å²) in [6, 6.07) is 4.89. The maximum atomic E-state index is 10.2. The fourth-order valence-electron chi connectivity index (χ4n) is 3.34. The van der Waals surface area contributed by atoms with Gasteiger partial charge in [0.2, 0.25) is 0 Å². The van der Waals surface area contributed by atoms with E-state index in [4.69, 9.17) is 0 Å². The van der Waals surface area contributed by atoms with Gasteiger partial charge in [0, 0.05) is 17.5 Å². The predicted molar refractivity (Wildman–Crippen MR) is 87.2 cm³/mol. The Bertz CT molecular complexity index is 378. The lowest BCUT2D eigenvalue weighted by atomic mass is 9.78. The van der Waals surface area contributed by atoms with Crippen LogP contribution in [0.25, 0.3) is 0 Å². The standard InChI is InChI=1S/C17H29NOS/c1-4-14-7-8-17(19)15(11-14)12-18(3)13(2)10-16-6-5-9-20-16/h5-6,9,13-15,17,19H,4,7-8,10-12H2,1-3H3. The Labute approximate surface area is 127 Å². The number of likely N-dealkylation sites (N-methyl/N-ethyl adjacent to an activating group) is 1. The largest absolute Gasteiger partial charge is 0.393 e. The van der Waals surface area contributed by atoms with E-state index in [-0.39, 0.29) is 6.10 Å². The predicted octanol–water partition coefficient (Wildman–Crippen LogP) is 3.80. The first-order valence-electron chi connectivity index (χ1n) is 8.00. The number of nitrogens with zero attached hydrogens (tertiary/aromatic N) is 1. The van der Waals surface area contributed by atoms with Crippen LogP contribution >= 0.6 is 11.3 Å². The summed E-state index contributed by atoms with van der Waals surface area (Å²) in [5.41, 5.74) is 0. The van der Waals surface area contributed by atoms with Gasteiger partial charge in [0.25, 0.3) is 0 Å². The van der Waals surface area contributed by atoms with Gasteiger partial charge in [0.15, 0.2) is 0 Å². The number of rotatable bonds is 6. The number of aliphatic hydroxyl groups excluding tert-OH is 1. The third-order valence-corrected chi connectivity index (χ3v) is 5.88.